The lowest BCUT2D eigenvalue weighted by Crippen LogP contribution is -2.49. The number of hydrogen-bond acceptors (Lipinski definition) is 4. The molecule has 7 nitrogen and oxygen atoms in total. The first kappa shape index (κ1) is 19.7. The second-order valence-electron chi connectivity index (χ2n) is 7.19. The minimum absolute atomic E-state index is 0.0674. The Balaban J connectivity index is 1.21. The van der Waals surface area contributed by atoms with E-state index in [0.29, 0.717) is 25.3 Å². The van der Waals surface area contributed by atoms with E-state index >= 15 is 0 Å². The van der Waals surface area contributed by atoms with E-state index < -0.39 is 0 Å². The number of nitrogens with zero attached hydrogens (tertiary/aromatic N) is 4. The number of hydrogen-bond donors (Lipinski definition) is 1. The molecule has 30 heavy (non-hydrogen) atoms. The summed E-state index contributed by atoms with van der Waals surface area (Å²) in [5.41, 5.74) is 2.41. The molecule has 2 heterocycles. The SMILES string of the molecule is O=C(NCCC(=O)N1CCN(c2ccccc2)CC1)c1ccn(-c2ccccc2)n1. The van der Waals surface area contributed by atoms with Crippen LogP contribution in [0.2, 0.25) is 0 Å². The highest BCUT2D eigenvalue weighted by atomic mass is 16.2. The molecule has 1 fully saturated rings. The monoisotopic (exact) mass is 403 g/mol. The standard InChI is InChI=1S/C23H25N5O2/c29-22(27-17-15-26(16-18-27)19-7-3-1-4-8-19)11-13-24-23(30)21-12-14-28(25-21)20-9-5-2-6-10-20/h1-10,12,14H,11,13,15-18H2,(H,24,30). The van der Waals surface area contributed by atoms with Gasteiger partial charge in [0.05, 0.1) is 5.69 Å². The Hall–Kier alpha value is -3.61. The van der Waals surface area contributed by atoms with E-state index in [2.05, 4.69) is 27.4 Å². The lowest BCUT2D eigenvalue weighted by atomic mass is 10.2. The first-order chi connectivity index (χ1) is 14.7. The van der Waals surface area contributed by atoms with E-state index in [1.807, 2.05) is 53.4 Å². The van der Waals surface area contributed by atoms with E-state index in [4.69, 9.17) is 0 Å². The number of anilines is 1. The van der Waals surface area contributed by atoms with Gasteiger partial charge in [-0.15, -0.1) is 0 Å². The van der Waals surface area contributed by atoms with Gasteiger partial charge in [-0.2, -0.15) is 5.10 Å². The van der Waals surface area contributed by atoms with Crippen molar-refractivity contribution < 1.29 is 9.59 Å². The molecule has 0 unspecified atom stereocenters. The zero-order valence-corrected chi connectivity index (χ0v) is 16.8. The number of benzene rings is 2. The third-order valence-electron chi connectivity index (χ3n) is 5.22. The zero-order chi connectivity index (χ0) is 20.8. The van der Waals surface area contributed by atoms with Crippen LogP contribution < -0.4 is 10.2 Å². The van der Waals surface area contributed by atoms with Crippen LogP contribution in [-0.4, -0.2) is 59.2 Å². The van der Waals surface area contributed by atoms with Crippen molar-refractivity contribution in [1.82, 2.24) is 20.0 Å². The smallest absolute Gasteiger partial charge is 0.271 e. The van der Waals surface area contributed by atoms with Gasteiger partial charge in [0.15, 0.2) is 5.69 Å². The summed E-state index contributed by atoms with van der Waals surface area (Å²) in [7, 11) is 0. The number of carbonyl (C=O) groups excluding carboxylic acids is 2. The molecule has 3 aromatic rings. The predicted octanol–water partition coefficient (Wildman–Crippen LogP) is 2.34. The molecule has 1 saturated heterocycles. The molecule has 154 valence electrons. The number of nitrogens with one attached hydrogen (secondary N) is 1. The van der Waals surface area contributed by atoms with Crippen LogP contribution >= 0.6 is 0 Å². The first-order valence-corrected chi connectivity index (χ1v) is 10.2. The molecule has 1 aliphatic heterocycles. The van der Waals surface area contributed by atoms with Gasteiger partial charge in [0.1, 0.15) is 0 Å². The summed E-state index contributed by atoms with van der Waals surface area (Å²) >= 11 is 0. The van der Waals surface area contributed by atoms with E-state index in [-0.39, 0.29) is 18.2 Å². The van der Waals surface area contributed by atoms with Crippen molar-refractivity contribution in [1.29, 1.82) is 0 Å². The van der Waals surface area contributed by atoms with Crippen LogP contribution in [0.25, 0.3) is 5.69 Å². The highest BCUT2D eigenvalue weighted by Gasteiger charge is 2.21. The summed E-state index contributed by atoms with van der Waals surface area (Å²) in [5, 5.41) is 7.10. The molecule has 1 aromatic heterocycles. The van der Waals surface area contributed by atoms with Gasteiger partial charge < -0.3 is 15.1 Å². The van der Waals surface area contributed by atoms with Crippen molar-refractivity contribution in [2.24, 2.45) is 0 Å². The highest BCUT2D eigenvalue weighted by Crippen LogP contribution is 2.15. The molecule has 0 radical (unpaired) electrons. The van der Waals surface area contributed by atoms with Gasteiger partial charge in [-0.25, -0.2) is 4.68 Å². The number of amides is 2. The fourth-order valence-corrected chi connectivity index (χ4v) is 3.55. The Morgan fingerprint density at radius 3 is 2.13 bits per heavy atom. The molecule has 0 bridgehead atoms. The Morgan fingerprint density at radius 2 is 1.47 bits per heavy atom. The second-order valence-corrected chi connectivity index (χ2v) is 7.19. The molecule has 2 aromatic carbocycles. The van der Waals surface area contributed by atoms with Crippen LogP contribution in [0, 0.1) is 0 Å². The summed E-state index contributed by atoms with van der Waals surface area (Å²) in [5.74, 6) is -0.204. The number of para-hydroxylation sites is 2. The summed E-state index contributed by atoms with van der Waals surface area (Å²) in [4.78, 5) is 29.0. The van der Waals surface area contributed by atoms with Gasteiger partial charge in [0.25, 0.3) is 5.91 Å². The van der Waals surface area contributed by atoms with Gasteiger partial charge >= 0.3 is 0 Å². The molecule has 0 saturated carbocycles. The third-order valence-corrected chi connectivity index (χ3v) is 5.22. The molecule has 0 atom stereocenters. The number of rotatable bonds is 6. The maximum Gasteiger partial charge on any atom is 0.271 e. The van der Waals surface area contributed by atoms with Crippen molar-refractivity contribution >= 4 is 17.5 Å². The summed E-state index contributed by atoms with van der Waals surface area (Å²) in [6, 6.07) is 21.5. The second kappa shape index (κ2) is 9.26. The van der Waals surface area contributed by atoms with Crippen LogP contribution in [0.3, 0.4) is 0 Å². The number of piperazine rings is 1. The summed E-state index contributed by atoms with van der Waals surface area (Å²) in [6.07, 6.45) is 2.04. The highest BCUT2D eigenvalue weighted by molar-refractivity contribution is 5.92. The molecule has 1 aliphatic rings. The van der Waals surface area contributed by atoms with Crippen molar-refractivity contribution in [3.8, 4) is 5.69 Å². The van der Waals surface area contributed by atoms with Gasteiger partial charge in [-0.05, 0) is 30.3 Å². The quantitative estimate of drug-likeness (QED) is 0.686. The zero-order valence-electron chi connectivity index (χ0n) is 16.8. The van der Waals surface area contributed by atoms with Gasteiger partial charge in [-0.3, -0.25) is 9.59 Å². The summed E-state index contributed by atoms with van der Waals surface area (Å²) in [6.45, 7) is 3.33. The molecular weight excluding hydrogens is 378 g/mol. The maximum atomic E-state index is 12.5. The van der Waals surface area contributed by atoms with E-state index in [9.17, 15) is 9.59 Å². The van der Waals surface area contributed by atoms with Crippen molar-refractivity contribution in [3.63, 3.8) is 0 Å². The molecule has 0 spiro atoms. The normalized spacial score (nSPS) is 13.9. The van der Waals surface area contributed by atoms with E-state index in [0.717, 1.165) is 18.8 Å². The van der Waals surface area contributed by atoms with E-state index in [1.54, 1.807) is 16.9 Å². The Labute approximate surface area is 175 Å². The summed E-state index contributed by atoms with van der Waals surface area (Å²) < 4.78 is 1.66. The molecule has 1 N–H and O–H groups in total. The lowest BCUT2D eigenvalue weighted by molar-refractivity contribution is -0.131. The lowest BCUT2D eigenvalue weighted by Gasteiger charge is -2.36. The fraction of sp³-hybridized carbons (Fsp3) is 0.261. The van der Waals surface area contributed by atoms with Crippen LogP contribution in [0.5, 0.6) is 0 Å². The molecular formula is C23H25N5O2. The van der Waals surface area contributed by atoms with Crippen LogP contribution in [0.1, 0.15) is 16.9 Å². The van der Waals surface area contributed by atoms with Crippen molar-refractivity contribution in [2.45, 2.75) is 6.42 Å². The van der Waals surface area contributed by atoms with Gasteiger partial charge in [-0.1, -0.05) is 36.4 Å². The molecule has 4 rings (SSSR count). The molecule has 7 heteroatoms. The molecule has 0 aliphatic carbocycles. The van der Waals surface area contributed by atoms with Gasteiger partial charge in [0.2, 0.25) is 5.91 Å². The third kappa shape index (κ3) is 4.68. The van der Waals surface area contributed by atoms with Crippen LogP contribution in [0.15, 0.2) is 72.9 Å². The number of carbonyl (C=O) groups is 2. The largest absolute Gasteiger partial charge is 0.368 e. The van der Waals surface area contributed by atoms with Crippen molar-refractivity contribution in [3.05, 3.63) is 78.6 Å². The average Bonchev–Trinajstić information content (AvgIpc) is 3.31. The Kier molecular flexibility index (Phi) is 6.08. The fourth-order valence-electron chi connectivity index (χ4n) is 3.55. The first-order valence-electron chi connectivity index (χ1n) is 10.2. The van der Waals surface area contributed by atoms with Crippen molar-refractivity contribution in [2.75, 3.05) is 37.6 Å². The maximum absolute atomic E-state index is 12.5. The molecule has 2 amide bonds. The minimum Gasteiger partial charge on any atom is -0.368 e. The number of aromatic nitrogens is 2. The van der Waals surface area contributed by atoms with Gasteiger partial charge in [0, 0.05) is 51.0 Å². The minimum atomic E-state index is -0.272. The predicted molar refractivity (Wildman–Crippen MR) is 116 cm³/mol. The Bertz CT molecular complexity index is 979. The average molecular weight is 403 g/mol. The van der Waals surface area contributed by atoms with Crippen LogP contribution in [-0.2, 0) is 4.79 Å². The van der Waals surface area contributed by atoms with Crippen LogP contribution in [0.4, 0.5) is 5.69 Å². The Morgan fingerprint density at radius 1 is 0.833 bits per heavy atom. The topological polar surface area (TPSA) is 70.5 Å². The van der Waals surface area contributed by atoms with E-state index in [1.165, 1.54) is 5.69 Å².